The maximum atomic E-state index is 12.6. The number of hydrogen-bond donors (Lipinski definition) is 1. The number of carbonyl (C=O) groups is 1. The highest BCUT2D eigenvalue weighted by Gasteiger charge is 2.38. The van der Waals surface area contributed by atoms with Crippen LogP contribution in [0.25, 0.3) is 5.76 Å². The van der Waals surface area contributed by atoms with Crippen LogP contribution in [0.3, 0.4) is 0 Å². The Morgan fingerprint density at radius 1 is 1.35 bits per heavy atom. The molecule has 1 N–H and O–H groups in total. The number of fused-ring (bicyclic) bond motifs is 1. The highest BCUT2D eigenvalue weighted by molar-refractivity contribution is 7.89. The van der Waals surface area contributed by atoms with Gasteiger partial charge in [-0.2, -0.15) is 0 Å². The lowest BCUT2D eigenvalue weighted by atomic mass is 10.1. The first-order valence-electron chi connectivity index (χ1n) is 6.85. The molecule has 2 aliphatic rings. The van der Waals surface area contributed by atoms with E-state index >= 15 is 0 Å². The van der Waals surface area contributed by atoms with E-state index in [-0.39, 0.29) is 16.4 Å². The van der Waals surface area contributed by atoms with Crippen LogP contribution in [-0.4, -0.2) is 39.0 Å². The van der Waals surface area contributed by atoms with E-state index in [1.807, 2.05) is 0 Å². The number of nitrogens with one attached hydrogen (secondary N) is 1. The molecule has 0 saturated heterocycles. The number of carbonyl (C=O) groups excluding carboxylic acids is 1. The Balaban J connectivity index is 2.12. The van der Waals surface area contributed by atoms with E-state index in [1.165, 1.54) is 26.4 Å². The molecule has 3 rings (SSSR count). The van der Waals surface area contributed by atoms with Crippen molar-refractivity contribution in [3.8, 4) is 0 Å². The van der Waals surface area contributed by atoms with Crippen LogP contribution in [-0.2, 0) is 19.6 Å². The Morgan fingerprint density at radius 3 is 2.74 bits per heavy atom. The van der Waals surface area contributed by atoms with Crippen LogP contribution in [0, 0.1) is 0 Å². The number of amides is 1. The Morgan fingerprint density at radius 2 is 2.09 bits per heavy atom. The summed E-state index contributed by atoms with van der Waals surface area (Å²) in [5.74, 6) is -0.339. The van der Waals surface area contributed by atoms with E-state index in [9.17, 15) is 13.2 Å². The number of sulfonamides is 1. The minimum absolute atomic E-state index is 0.0565. The molecule has 2 heterocycles. The van der Waals surface area contributed by atoms with E-state index in [0.717, 1.165) is 4.31 Å². The van der Waals surface area contributed by atoms with Crippen LogP contribution in [0.15, 0.2) is 51.7 Å². The highest BCUT2D eigenvalue weighted by atomic mass is 32.2. The zero-order chi connectivity index (χ0) is 16.6. The molecule has 120 valence electrons. The van der Waals surface area contributed by atoms with Gasteiger partial charge in [0.25, 0.3) is 15.9 Å². The molecular formula is C15H15N3O4S. The van der Waals surface area contributed by atoms with Crippen molar-refractivity contribution in [1.82, 2.24) is 9.62 Å². The molecule has 23 heavy (non-hydrogen) atoms. The van der Waals surface area contributed by atoms with Gasteiger partial charge in [-0.05, 0) is 12.1 Å². The molecule has 1 aromatic carbocycles. The highest BCUT2D eigenvalue weighted by Crippen LogP contribution is 2.36. The number of methoxy groups -OCH3 is 1. The number of likely N-dealkylation sites (N-methyl/N-ethyl adjacent to an activating group) is 1. The average Bonchev–Trinajstić information content (AvgIpc) is 3.03. The normalized spacial score (nSPS) is 18.5. The van der Waals surface area contributed by atoms with E-state index in [2.05, 4.69) is 10.3 Å². The van der Waals surface area contributed by atoms with Crippen molar-refractivity contribution in [2.45, 2.75) is 11.3 Å². The molecule has 1 aromatic rings. The average molecular weight is 333 g/mol. The monoisotopic (exact) mass is 333 g/mol. The third-order valence-electron chi connectivity index (χ3n) is 3.64. The van der Waals surface area contributed by atoms with Crippen molar-refractivity contribution in [3.05, 3.63) is 47.4 Å². The third kappa shape index (κ3) is 2.40. The van der Waals surface area contributed by atoms with Crippen LogP contribution in [0.1, 0.15) is 12.0 Å². The smallest absolute Gasteiger partial charge is 0.276 e. The predicted molar refractivity (Wildman–Crippen MR) is 84.7 cm³/mol. The molecule has 0 atom stereocenters. The van der Waals surface area contributed by atoms with Crippen molar-refractivity contribution in [1.29, 1.82) is 0 Å². The summed E-state index contributed by atoms with van der Waals surface area (Å²) in [5.41, 5.74) is 0.913. The predicted octanol–water partition coefficient (Wildman–Crippen LogP) is 1.07. The lowest BCUT2D eigenvalue weighted by Crippen LogP contribution is -2.39. The number of hydrogen-bond acceptors (Lipinski definition) is 5. The second-order valence-electron chi connectivity index (χ2n) is 4.99. The van der Waals surface area contributed by atoms with Gasteiger partial charge in [0.2, 0.25) is 0 Å². The number of benzene rings is 1. The molecule has 0 saturated carbocycles. The van der Waals surface area contributed by atoms with Gasteiger partial charge in [0.1, 0.15) is 0 Å². The lowest BCUT2D eigenvalue weighted by Gasteiger charge is -2.29. The summed E-state index contributed by atoms with van der Waals surface area (Å²) in [6, 6.07) is 6.43. The Hall–Kier alpha value is -2.61. The van der Waals surface area contributed by atoms with Crippen LogP contribution < -0.4 is 5.32 Å². The molecule has 0 bridgehead atoms. The van der Waals surface area contributed by atoms with Gasteiger partial charge >= 0.3 is 0 Å². The number of rotatable bonds is 3. The maximum absolute atomic E-state index is 12.6. The van der Waals surface area contributed by atoms with Gasteiger partial charge in [0.05, 0.1) is 12.0 Å². The lowest BCUT2D eigenvalue weighted by molar-refractivity contribution is -0.117. The molecule has 0 aromatic heterocycles. The number of aliphatic imine (C=N–C) groups is 1. The standard InChI is InChI=1S/C15H15N3O4S/c1-18-13(15(19)17-10-7-8-16-9-10)14(22-2)11-5-3-4-6-12(11)23(18,20)21/h3-6,8-9H,7H2,1-2H3,(H,17,19). The summed E-state index contributed by atoms with van der Waals surface area (Å²) in [5, 5.41) is 2.67. The molecule has 8 heteroatoms. The fraction of sp³-hybridized carbons (Fsp3) is 0.200. The number of allylic oxidation sites excluding steroid dienone is 1. The summed E-state index contributed by atoms with van der Waals surface area (Å²) in [6.45, 7) is 0. The van der Waals surface area contributed by atoms with Crippen molar-refractivity contribution in [2.24, 2.45) is 4.99 Å². The first kappa shape index (κ1) is 15.3. The first-order chi connectivity index (χ1) is 11.0. The van der Waals surface area contributed by atoms with E-state index in [4.69, 9.17) is 4.74 Å². The van der Waals surface area contributed by atoms with Crippen molar-refractivity contribution in [2.75, 3.05) is 14.2 Å². The van der Waals surface area contributed by atoms with E-state index < -0.39 is 15.9 Å². The minimum atomic E-state index is -3.81. The zero-order valence-corrected chi connectivity index (χ0v) is 13.4. The van der Waals surface area contributed by atoms with Gasteiger partial charge in [-0.3, -0.25) is 14.1 Å². The van der Waals surface area contributed by atoms with Gasteiger partial charge in [0, 0.05) is 37.1 Å². The first-order valence-corrected chi connectivity index (χ1v) is 8.29. The van der Waals surface area contributed by atoms with Gasteiger partial charge in [0.15, 0.2) is 11.5 Å². The summed E-state index contributed by atoms with van der Waals surface area (Å²) in [6.07, 6.45) is 3.67. The molecule has 0 fully saturated rings. The Kier molecular flexibility index (Phi) is 3.69. The van der Waals surface area contributed by atoms with Crippen molar-refractivity contribution in [3.63, 3.8) is 0 Å². The largest absolute Gasteiger partial charge is 0.494 e. The second kappa shape index (κ2) is 5.54. The van der Waals surface area contributed by atoms with Crippen LogP contribution >= 0.6 is 0 Å². The summed E-state index contributed by atoms with van der Waals surface area (Å²) >= 11 is 0. The summed E-state index contributed by atoms with van der Waals surface area (Å²) in [7, 11) is -1.07. The summed E-state index contributed by atoms with van der Waals surface area (Å²) in [4.78, 5) is 16.6. The van der Waals surface area contributed by atoms with Gasteiger partial charge < -0.3 is 10.1 Å². The van der Waals surface area contributed by atoms with Crippen LogP contribution in [0.5, 0.6) is 0 Å². The van der Waals surface area contributed by atoms with Crippen molar-refractivity contribution < 1.29 is 17.9 Å². The molecule has 1 amide bonds. The SMILES string of the molecule is COC1=C(C(=O)NC2=CN=CC2)N(C)S(=O)(=O)c2ccccc21. The maximum Gasteiger partial charge on any atom is 0.276 e. The van der Waals surface area contributed by atoms with E-state index in [1.54, 1.807) is 24.4 Å². The van der Waals surface area contributed by atoms with Gasteiger partial charge in [-0.25, -0.2) is 8.42 Å². The Bertz CT molecular complexity index is 868. The molecule has 7 nitrogen and oxygen atoms in total. The molecule has 2 aliphatic heterocycles. The number of ether oxygens (including phenoxy) is 1. The van der Waals surface area contributed by atoms with E-state index in [0.29, 0.717) is 17.7 Å². The van der Waals surface area contributed by atoms with Crippen molar-refractivity contribution >= 4 is 27.9 Å². The van der Waals surface area contributed by atoms with Crippen LogP contribution in [0.4, 0.5) is 0 Å². The third-order valence-corrected chi connectivity index (χ3v) is 5.46. The van der Waals surface area contributed by atoms with Gasteiger partial charge in [-0.15, -0.1) is 0 Å². The minimum Gasteiger partial charge on any atom is -0.494 e. The topological polar surface area (TPSA) is 88.1 Å². The molecule has 0 radical (unpaired) electrons. The Labute approximate surface area is 134 Å². The molecule has 0 unspecified atom stereocenters. The zero-order valence-electron chi connectivity index (χ0n) is 12.6. The quantitative estimate of drug-likeness (QED) is 0.896. The fourth-order valence-corrected chi connectivity index (χ4v) is 3.90. The number of nitrogens with zero attached hydrogens (tertiary/aromatic N) is 2. The molecule has 0 aliphatic carbocycles. The summed E-state index contributed by atoms with van der Waals surface area (Å²) < 4.78 is 31.6. The molecule has 0 spiro atoms. The van der Waals surface area contributed by atoms with Crippen LogP contribution in [0.2, 0.25) is 0 Å². The fourth-order valence-electron chi connectivity index (χ4n) is 2.50. The van der Waals surface area contributed by atoms with Gasteiger partial charge in [-0.1, -0.05) is 12.1 Å². The second-order valence-corrected chi connectivity index (χ2v) is 6.93. The molecular weight excluding hydrogens is 318 g/mol.